The minimum Gasteiger partial charge on any atom is -0.464 e. The van der Waals surface area contributed by atoms with E-state index in [1.54, 1.807) is 18.7 Å². The van der Waals surface area contributed by atoms with Gasteiger partial charge < -0.3 is 30.2 Å². The number of benzene rings is 1. The van der Waals surface area contributed by atoms with E-state index in [9.17, 15) is 4.79 Å². The molecule has 1 aliphatic heterocycles. The number of piperazine rings is 1. The third kappa shape index (κ3) is 4.21. The Balaban J connectivity index is 1.72. The number of pyridine rings is 1. The number of aromatic nitrogens is 5. The molecule has 1 aromatic carbocycles. The van der Waals surface area contributed by atoms with Crippen LogP contribution in [0.3, 0.4) is 0 Å². The van der Waals surface area contributed by atoms with Gasteiger partial charge in [-0.1, -0.05) is 0 Å². The maximum atomic E-state index is 12.4. The number of nitrogens with one attached hydrogen (secondary N) is 3. The van der Waals surface area contributed by atoms with Crippen molar-refractivity contribution >= 4 is 39.9 Å². The highest BCUT2D eigenvalue weighted by molar-refractivity contribution is 6.03. The summed E-state index contributed by atoms with van der Waals surface area (Å²) in [5.74, 6) is -0.260. The van der Waals surface area contributed by atoms with Crippen LogP contribution in [0.15, 0.2) is 43.2 Å². The Morgan fingerprint density at radius 1 is 1.09 bits per heavy atom. The molecule has 3 N–H and O–H groups in total. The first-order valence-electron chi connectivity index (χ1n) is 11.3. The first kappa shape index (κ1) is 22.5. The SMILES string of the molecule is CNc1cc(N2CCNCC2)cc(Nc2nccnc2C(=O)OC)c1-c1cncc2c1ncn2C. The topological polar surface area (TPSA) is 122 Å². The maximum absolute atomic E-state index is 12.4. The number of anilines is 4. The molecule has 0 spiro atoms. The first-order chi connectivity index (χ1) is 17.1. The Hall–Kier alpha value is -4.25. The molecule has 1 aliphatic rings. The van der Waals surface area contributed by atoms with E-state index < -0.39 is 5.97 Å². The van der Waals surface area contributed by atoms with Gasteiger partial charge in [0, 0.05) is 81.4 Å². The molecule has 0 amide bonds. The molecule has 5 rings (SSSR count). The summed E-state index contributed by atoms with van der Waals surface area (Å²) in [6.07, 6.45) is 8.38. The fourth-order valence-corrected chi connectivity index (χ4v) is 4.35. The molecule has 35 heavy (non-hydrogen) atoms. The molecule has 0 radical (unpaired) electrons. The van der Waals surface area contributed by atoms with Gasteiger partial charge in [0.05, 0.1) is 36.4 Å². The van der Waals surface area contributed by atoms with Gasteiger partial charge in [0.1, 0.15) is 0 Å². The number of methoxy groups -OCH3 is 1. The molecule has 180 valence electrons. The molecule has 0 atom stereocenters. The summed E-state index contributed by atoms with van der Waals surface area (Å²) in [6.45, 7) is 3.59. The van der Waals surface area contributed by atoms with Gasteiger partial charge in [-0.15, -0.1) is 0 Å². The van der Waals surface area contributed by atoms with Crippen molar-refractivity contribution in [1.29, 1.82) is 0 Å². The van der Waals surface area contributed by atoms with E-state index >= 15 is 0 Å². The lowest BCUT2D eigenvalue weighted by Gasteiger charge is -2.31. The van der Waals surface area contributed by atoms with E-state index in [1.807, 2.05) is 18.7 Å². The smallest absolute Gasteiger partial charge is 0.360 e. The van der Waals surface area contributed by atoms with Crippen LogP contribution in [0.1, 0.15) is 10.5 Å². The van der Waals surface area contributed by atoms with Crippen LogP contribution in [0.25, 0.3) is 22.2 Å². The molecule has 1 fully saturated rings. The van der Waals surface area contributed by atoms with Crippen molar-refractivity contribution in [2.75, 3.05) is 55.9 Å². The lowest BCUT2D eigenvalue weighted by atomic mass is 10.00. The maximum Gasteiger partial charge on any atom is 0.360 e. The average molecular weight is 474 g/mol. The van der Waals surface area contributed by atoms with E-state index in [-0.39, 0.29) is 5.69 Å². The van der Waals surface area contributed by atoms with Crippen LogP contribution in [-0.2, 0) is 11.8 Å². The minimum absolute atomic E-state index is 0.105. The number of carbonyl (C=O) groups excluding carboxylic acids is 1. The van der Waals surface area contributed by atoms with Crippen molar-refractivity contribution in [2.45, 2.75) is 0 Å². The summed E-state index contributed by atoms with van der Waals surface area (Å²) in [4.78, 5) is 32.4. The summed E-state index contributed by atoms with van der Waals surface area (Å²) in [6, 6.07) is 4.20. The predicted molar refractivity (Wildman–Crippen MR) is 135 cm³/mol. The molecule has 0 bridgehead atoms. The highest BCUT2D eigenvalue weighted by Gasteiger charge is 2.22. The molecule has 4 heterocycles. The van der Waals surface area contributed by atoms with Crippen LogP contribution in [0.5, 0.6) is 0 Å². The number of hydrogen-bond donors (Lipinski definition) is 3. The van der Waals surface area contributed by atoms with E-state index in [1.165, 1.54) is 19.5 Å². The molecule has 4 aromatic rings. The summed E-state index contributed by atoms with van der Waals surface area (Å²) < 4.78 is 6.86. The Morgan fingerprint density at radius 3 is 2.63 bits per heavy atom. The van der Waals surface area contributed by atoms with E-state index in [0.29, 0.717) is 5.82 Å². The predicted octanol–water partition coefficient (Wildman–Crippen LogP) is 2.41. The lowest BCUT2D eigenvalue weighted by molar-refractivity contribution is 0.0595. The van der Waals surface area contributed by atoms with Gasteiger partial charge in [-0.05, 0) is 12.1 Å². The van der Waals surface area contributed by atoms with Crippen LogP contribution >= 0.6 is 0 Å². The minimum atomic E-state index is -0.567. The quantitative estimate of drug-likeness (QED) is 0.360. The zero-order valence-corrected chi connectivity index (χ0v) is 19.9. The molecule has 11 heteroatoms. The molecule has 0 aliphatic carbocycles. The molecule has 1 saturated heterocycles. The second-order valence-corrected chi connectivity index (χ2v) is 8.18. The number of nitrogens with zero attached hydrogens (tertiary/aromatic N) is 6. The normalized spacial score (nSPS) is 13.6. The fourth-order valence-electron chi connectivity index (χ4n) is 4.35. The summed E-state index contributed by atoms with van der Waals surface area (Å²) >= 11 is 0. The number of esters is 1. The van der Waals surface area contributed by atoms with Gasteiger partial charge in [0.25, 0.3) is 0 Å². The van der Waals surface area contributed by atoms with Crippen LogP contribution in [-0.4, -0.2) is 70.8 Å². The van der Waals surface area contributed by atoms with Crippen molar-refractivity contribution in [1.82, 2.24) is 29.8 Å². The first-order valence-corrected chi connectivity index (χ1v) is 11.3. The van der Waals surface area contributed by atoms with Gasteiger partial charge in [-0.25, -0.2) is 19.7 Å². The largest absolute Gasteiger partial charge is 0.464 e. The third-order valence-electron chi connectivity index (χ3n) is 6.11. The highest BCUT2D eigenvalue weighted by Crippen LogP contribution is 2.42. The van der Waals surface area contributed by atoms with Gasteiger partial charge in [0.15, 0.2) is 11.5 Å². The third-order valence-corrected chi connectivity index (χ3v) is 6.11. The standard InChI is InChI=1S/C24H27N9O2/c1-25-17-10-15(33-8-6-26-7-9-33)11-18(31-23-22(24(34)35-3)28-4-5-29-23)20(17)16-12-27-13-19-21(16)30-14-32(19)2/h4-5,10-14,25-26H,6-9H2,1-3H3,(H,29,31). The molecule has 0 saturated carbocycles. The van der Waals surface area contributed by atoms with Crippen molar-refractivity contribution < 1.29 is 9.53 Å². The molecular weight excluding hydrogens is 446 g/mol. The second-order valence-electron chi connectivity index (χ2n) is 8.18. The molecular formula is C24H27N9O2. The van der Waals surface area contributed by atoms with Crippen molar-refractivity contribution in [3.8, 4) is 11.1 Å². The zero-order chi connectivity index (χ0) is 24.4. The van der Waals surface area contributed by atoms with E-state index in [4.69, 9.17) is 4.74 Å². The number of aryl methyl sites for hydroxylation is 1. The van der Waals surface area contributed by atoms with Crippen LogP contribution in [0.2, 0.25) is 0 Å². The van der Waals surface area contributed by atoms with Gasteiger partial charge in [-0.2, -0.15) is 0 Å². The number of hydrogen-bond acceptors (Lipinski definition) is 10. The van der Waals surface area contributed by atoms with Gasteiger partial charge in [-0.3, -0.25) is 4.98 Å². The highest BCUT2D eigenvalue weighted by atomic mass is 16.5. The Kier molecular flexibility index (Phi) is 6.15. The van der Waals surface area contributed by atoms with Gasteiger partial charge in [0.2, 0.25) is 0 Å². The monoisotopic (exact) mass is 473 g/mol. The molecule has 0 unspecified atom stereocenters. The van der Waals surface area contributed by atoms with Crippen LogP contribution < -0.4 is 20.9 Å². The Bertz CT molecular complexity index is 1380. The van der Waals surface area contributed by atoms with E-state index in [2.05, 4.69) is 52.9 Å². The van der Waals surface area contributed by atoms with Crippen molar-refractivity contribution in [3.63, 3.8) is 0 Å². The van der Waals surface area contributed by atoms with Crippen molar-refractivity contribution in [3.05, 3.63) is 48.9 Å². The fraction of sp³-hybridized carbons (Fsp3) is 0.292. The zero-order valence-electron chi connectivity index (χ0n) is 19.9. The van der Waals surface area contributed by atoms with Crippen LogP contribution in [0.4, 0.5) is 22.9 Å². The van der Waals surface area contributed by atoms with Gasteiger partial charge >= 0.3 is 5.97 Å². The molecule has 3 aromatic heterocycles. The van der Waals surface area contributed by atoms with E-state index in [0.717, 1.165) is 65.4 Å². The summed E-state index contributed by atoms with van der Waals surface area (Å²) in [7, 11) is 5.15. The number of carbonyl (C=O) groups is 1. The van der Waals surface area contributed by atoms with Crippen molar-refractivity contribution in [2.24, 2.45) is 7.05 Å². The lowest BCUT2D eigenvalue weighted by Crippen LogP contribution is -2.43. The summed E-state index contributed by atoms with van der Waals surface area (Å²) in [5, 5.41) is 10.1. The number of ether oxygens (including phenoxy) is 1. The number of rotatable bonds is 6. The molecule has 11 nitrogen and oxygen atoms in total. The Labute approximate surface area is 202 Å². The Morgan fingerprint density at radius 2 is 1.86 bits per heavy atom. The number of fused-ring (bicyclic) bond motifs is 1. The summed E-state index contributed by atoms with van der Waals surface area (Å²) in [5.41, 5.74) is 6.25. The number of imidazole rings is 1. The average Bonchev–Trinajstić information content (AvgIpc) is 3.29. The van der Waals surface area contributed by atoms with Crippen LogP contribution in [0, 0.1) is 0 Å². The second kappa shape index (κ2) is 9.55.